The monoisotopic (exact) mass is 195 g/mol. The third kappa shape index (κ3) is 2.19. The number of aromatic amines is 1. The Kier molecular flexibility index (Phi) is 2.66. The summed E-state index contributed by atoms with van der Waals surface area (Å²) < 4.78 is 1.20. The van der Waals surface area contributed by atoms with Crippen LogP contribution in [0.25, 0.3) is 6.08 Å². The van der Waals surface area contributed by atoms with Gasteiger partial charge in [-0.2, -0.15) is 0 Å². The first-order valence-corrected chi connectivity index (χ1v) is 3.78. The Labute approximate surface area is 78.7 Å². The third-order valence-electron chi connectivity index (χ3n) is 1.56. The molecule has 14 heavy (non-hydrogen) atoms. The number of H-pyrrole nitrogens is 1. The molecule has 0 aliphatic carbocycles. The Hall–Kier alpha value is -2.11. The Morgan fingerprint density at radius 2 is 2.21 bits per heavy atom. The van der Waals surface area contributed by atoms with Crippen LogP contribution in [0.5, 0.6) is 0 Å². The number of carbonyl (C=O) groups is 1. The van der Waals surface area contributed by atoms with Gasteiger partial charge in [-0.1, -0.05) is 0 Å². The molecule has 0 saturated heterocycles. The molecule has 3 N–H and O–H groups in total. The van der Waals surface area contributed by atoms with Gasteiger partial charge in [-0.05, 0) is 6.08 Å². The average molecular weight is 195 g/mol. The number of hydrogen-bond donors (Lipinski definition) is 2. The van der Waals surface area contributed by atoms with Crippen LogP contribution in [0.4, 0.5) is 0 Å². The lowest BCUT2D eigenvalue weighted by Gasteiger charge is -1.96. The molecule has 1 aromatic heterocycles. The SMILES string of the molecule is Cn1cc(/C=C/C(N)=O)c(=O)[nH]c1=O. The molecule has 1 amide bonds. The van der Waals surface area contributed by atoms with Gasteiger partial charge in [-0.3, -0.25) is 14.6 Å². The van der Waals surface area contributed by atoms with Crippen LogP contribution in [-0.4, -0.2) is 15.5 Å². The van der Waals surface area contributed by atoms with Crippen molar-refractivity contribution in [2.45, 2.75) is 0 Å². The lowest BCUT2D eigenvalue weighted by molar-refractivity contribution is -0.113. The number of nitrogens with one attached hydrogen (secondary N) is 1. The smallest absolute Gasteiger partial charge is 0.328 e. The lowest BCUT2D eigenvalue weighted by atomic mass is 10.3. The molecule has 0 saturated carbocycles. The molecular formula is C8H9N3O3. The van der Waals surface area contributed by atoms with Gasteiger partial charge in [0.25, 0.3) is 5.56 Å². The van der Waals surface area contributed by atoms with E-state index in [9.17, 15) is 14.4 Å². The maximum Gasteiger partial charge on any atom is 0.328 e. The van der Waals surface area contributed by atoms with Crippen molar-refractivity contribution in [2.24, 2.45) is 12.8 Å². The van der Waals surface area contributed by atoms with Crippen molar-refractivity contribution < 1.29 is 4.79 Å². The summed E-state index contributed by atoms with van der Waals surface area (Å²) in [5.41, 5.74) is 3.99. The maximum absolute atomic E-state index is 11.1. The van der Waals surface area contributed by atoms with E-state index >= 15 is 0 Å². The highest BCUT2D eigenvalue weighted by Gasteiger charge is 1.98. The topological polar surface area (TPSA) is 97.9 Å². The molecule has 0 fully saturated rings. The van der Waals surface area contributed by atoms with E-state index in [0.717, 1.165) is 6.08 Å². The van der Waals surface area contributed by atoms with Crippen molar-refractivity contribution in [3.05, 3.63) is 38.7 Å². The summed E-state index contributed by atoms with van der Waals surface area (Å²) in [6, 6.07) is 0. The predicted molar refractivity (Wildman–Crippen MR) is 50.5 cm³/mol. The Balaban J connectivity index is 3.24. The molecule has 6 heteroatoms. The molecule has 0 radical (unpaired) electrons. The molecule has 0 aliphatic rings. The molecule has 6 nitrogen and oxygen atoms in total. The first-order valence-electron chi connectivity index (χ1n) is 3.78. The summed E-state index contributed by atoms with van der Waals surface area (Å²) in [6.45, 7) is 0. The number of aromatic nitrogens is 2. The highest BCUT2D eigenvalue weighted by Crippen LogP contribution is 1.89. The Morgan fingerprint density at radius 1 is 1.57 bits per heavy atom. The quantitative estimate of drug-likeness (QED) is 0.566. The van der Waals surface area contributed by atoms with Gasteiger partial charge in [-0.25, -0.2) is 4.79 Å². The molecule has 74 valence electrons. The van der Waals surface area contributed by atoms with Crippen molar-refractivity contribution in [3.8, 4) is 0 Å². The molecule has 0 aliphatic heterocycles. The minimum atomic E-state index is -0.654. The number of aryl methyl sites for hydroxylation is 1. The molecule has 0 bridgehead atoms. The summed E-state index contributed by atoms with van der Waals surface area (Å²) in [4.78, 5) is 34.5. The van der Waals surface area contributed by atoms with Gasteiger partial charge >= 0.3 is 5.69 Å². The Bertz CT molecular complexity index is 495. The number of hydrogen-bond acceptors (Lipinski definition) is 3. The lowest BCUT2D eigenvalue weighted by Crippen LogP contribution is -2.28. The van der Waals surface area contributed by atoms with E-state index in [0.29, 0.717) is 0 Å². The van der Waals surface area contributed by atoms with Crippen LogP contribution in [0.2, 0.25) is 0 Å². The molecule has 0 spiro atoms. The molecular weight excluding hydrogens is 186 g/mol. The number of nitrogens with two attached hydrogens (primary N) is 1. The largest absolute Gasteiger partial charge is 0.366 e. The molecule has 0 aromatic carbocycles. The van der Waals surface area contributed by atoms with Crippen molar-refractivity contribution in [1.82, 2.24) is 9.55 Å². The van der Waals surface area contributed by atoms with Crippen molar-refractivity contribution in [1.29, 1.82) is 0 Å². The zero-order valence-corrected chi connectivity index (χ0v) is 7.48. The maximum atomic E-state index is 11.1. The number of primary amides is 1. The van der Waals surface area contributed by atoms with E-state index in [4.69, 9.17) is 5.73 Å². The molecule has 1 rings (SSSR count). The van der Waals surface area contributed by atoms with Crippen molar-refractivity contribution >= 4 is 12.0 Å². The van der Waals surface area contributed by atoms with E-state index in [1.54, 1.807) is 0 Å². The average Bonchev–Trinajstić information content (AvgIpc) is 2.09. The first-order chi connectivity index (χ1) is 6.50. The van der Waals surface area contributed by atoms with Crippen LogP contribution < -0.4 is 17.0 Å². The van der Waals surface area contributed by atoms with E-state index < -0.39 is 17.2 Å². The van der Waals surface area contributed by atoms with E-state index in [1.807, 2.05) is 0 Å². The number of rotatable bonds is 2. The minimum Gasteiger partial charge on any atom is -0.366 e. The zero-order chi connectivity index (χ0) is 10.7. The molecule has 0 unspecified atom stereocenters. The normalized spacial score (nSPS) is 10.6. The second kappa shape index (κ2) is 3.73. The van der Waals surface area contributed by atoms with Gasteiger partial charge in [0, 0.05) is 19.3 Å². The summed E-state index contributed by atoms with van der Waals surface area (Å²) in [6.07, 6.45) is 3.62. The number of carbonyl (C=O) groups excluding carboxylic acids is 1. The second-order valence-corrected chi connectivity index (χ2v) is 2.69. The van der Waals surface area contributed by atoms with E-state index in [2.05, 4.69) is 4.98 Å². The highest BCUT2D eigenvalue weighted by molar-refractivity contribution is 5.90. The minimum absolute atomic E-state index is 0.200. The van der Waals surface area contributed by atoms with Crippen LogP contribution >= 0.6 is 0 Å². The second-order valence-electron chi connectivity index (χ2n) is 2.69. The van der Waals surface area contributed by atoms with E-state index in [-0.39, 0.29) is 5.56 Å². The fraction of sp³-hybridized carbons (Fsp3) is 0.125. The standard InChI is InChI=1S/C8H9N3O3/c1-11-4-5(2-3-6(9)12)7(13)10-8(11)14/h2-4H,1H3,(H2,9,12)(H,10,13,14)/b3-2+. The van der Waals surface area contributed by atoms with Crippen LogP contribution in [0.3, 0.4) is 0 Å². The van der Waals surface area contributed by atoms with Crippen LogP contribution in [0, 0.1) is 0 Å². The van der Waals surface area contributed by atoms with Crippen LogP contribution in [0.1, 0.15) is 5.56 Å². The Morgan fingerprint density at radius 3 is 2.79 bits per heavy atom. The molecule has 1 aromatic rings. The summed E-state index contributed by atoms with van der Waals surface area (Å²) >= 11 is 0. The van der Waals surface area contributed by atoms with Gasteiger partial charge in [-0.15, -0.1) is 0 Å². The highest BCUT2D eigenvalue weighted by atomic mass is 16.2. The summed E-state index contributed by atoms with van der Waals surface area (Å²) in [5.74, 6) is -0.654. The van der Waals surface area contributed by atoms with Gasteiger partial charge in [0.05, 0.1) is 5.56 Å². The zero-order valence-electron chi connectivity index (χ0n) is 7.48. The van der Waals surface area contributed by atoms with Crippen LogP contribution in [0.15, 0.2) is 21.9 Å². The summed E-state index contributed by atoms with van der Waals surface area (Å²) in [5, 5.41) is 0. The number of amides is 1. The fourth-order valence-corrected chi connectivity index (χ4v) is 0.874. The van der Waals surface area contributed by atoms with Gasteiger partial charge in [0.2, 0.25) is 5.91 Å². The summed E-state index contributed by atoms with van der Waals surface area (Å²) in [7, 11) is 1.49. The molecule has 0 atom stereocenters. The van der Waals surface area contributed by atoms with Crippen LogP contribution in [-0.2, 0) is 11.8 Å². The van der Waals surface area contributed by atoms with Gasteiger partial charge in [0.15, 0.2) is 0 Å². The van der Waals surface area contributed by atoms with Crippen molar-refractivity contribution in [3.63, 3.8) is 0 Å². The third-order valence-corrected chi connectivity index (χ3v) is 1.56. The predicted octanol–water partition coefficient (Wildman–Crippen LogP) is -1.43. The van der Waals surface area contributed by atoms with Gasteiger partial charge in [0.1, 0.15) is 0 Å². The number of nitrogens with zero attached hydrogens (tertiary/aromatic N) is 1. The van der Waals surface area contributed by atoms with Gasteiger partial charge < -0.3 is 10.3 Å². The van der Waals surface area contributed by atoms with Crippen molar-refractivity contribution in [2.75, 3.05) is 0 Å². The molecule has 1 heterocycles. The van der Waals surface area contributed by atoms with E-state index in [1.165, 1.54) is 23.9 Å². The fourth-order valence-electron chi connectivity index (χ4n) is 0.874. The first kappa shape index (κ1) is 9.97.